The maximum absolute atomic E-state index is 4.73. The number of aromatic nitrogens is 1. The molecule has 1 aromatic carbocycles. The zero-order chi connectivity index (χ0) is 11.7. The third kappa shape index (κ3) is 2.20. The summed E-state index contributed by atoms with van der Waals surface area (Å²) in [5.41, 5.74) is 2.40. The number of aryl methyl sites for hydroxylation is 1. The quantitative estimate of drug-likeness (QED) is 0.759. The van der Waals surface area contributed by atoms with Gasteiger partial charge in [-0.05, 0) is 18.9 Å². The van der Waals surface area contributed by atoms with Crippen molar-refractivity contribution >= 4 is 27.3 Å². The highest BCUT2D eigenvalue weighted by Gasteiger charge is 2.13. The van der Waals surface area contributed by atoms with Gasteiger partial charge in [0.1, 0.15) is 5.01 Å². The molecule has 1 nitrogen and oxygen atoms in total. The average Bonchev–Trinajstić information content (AvgIpc) is 2.61. The Labute approximate surface area is 109 Å². The van der Waals surface area contributed by atoms with Crippen LogP contribution in [0.15, 0.2) is 28.7 Å². The molecule has 0 amide bonds. The summed E-state index contributed by atoms with van der Waals surface area (Å²) in [6.07, 6.45) is 0. The van der Waals surface area contributed by atoms with Crippen LogP contribution in [0.5, 0.6) is 0 Å². The van der Waals surface area contributed by atoms with Gasteiger partial charge in [-0.25, -0.2) is 4.98 Å². The molecule has 0 radical (unpaired) electrons. The van der Waals surface area contributed by atoms with Crippen LogP contribution in [-0.2, 0) is 0 Å². The van der Waals surface area contributed by atoms with Crippen LogP contribution in [0.2, 0.25) is 0 Å². The van der Waals surface area contributed by atoms with Crippen molar-refractivity contribution in [2.75, 3.05) is 0 Å². The second-order valence-corrected chi connectivity index (χ2v) is 6.15. The van der Waals surface area contributed by atoms with E-state index in [2.05, 4.69) is 48.8 Å². The van der Waals surface area contributed by atoms with Gasteiger partial charge in [0.05, 0.1) is 5.69 Å². The second-order valence-electron chi connectivity index (χ2n) is 4.09. The van der Waals surface area contributed by atoms with Crippen LogP contribution in [0.25, 0.3) is 10.6 Å². The van der Waals surface area contributed by atoms with E-state index >= 15 is 0 Å². The van der Waals surface area contributed by atoms with Gasteiger partial charge in [0.15, 0.2) is 0 Å². The van der Waals surface area contributed by atoms with Crippen LogP contribution in [0, 0.1) is 6.92 Å². The van der Waals surface area contributed by atoms with Gasteiger partial charge in [0, 0.05) is 14.9 Å². The van der Waals surface area contributed by atoms with Gasteiger partial charge in [0.2, 0.25) is 0 Å². The maximum atomic E-state index is 4.73. The third-order valence-electron chi connectivity index (χ3n) is 2.48. The van der Waals surface area contributed by atoms with Crippen molar-refractivity contribution in [2.24, 2.45) is 0 Å². The van der Waals surface area contributed by atoms with E-state index < -0.39 is 0 Å². The predicted molar refractivity (Wildman–Crippen MR) is 74.1 cm³/mol. The summed E-state index contributed by atoms with van der Waals surface area (Å²) >= 11 is 5.34. The molecule has 3 heteroatoms. The fourth-order valence-electron chi connectivity index (χ4n) is 1.69. The molecule has 0 aliphatic heterocycles. The first-order valence-corrected chi connectivity index (χ1v) is 6.92. The van der Waals surface area contributed by atoms with Crippen molar-refractivity contribution in [3.63, 3.8) is 0 Å². The molecule has 0 spiro atoms. The van der Waals surface area contributed by atoms with E-state index in [1.807, 2.05) is 12.1 Å². The molecule has 0 saturated heterocycles. The van der Waals surface area contributed by atoms with E-state index in [9.17, 15) is 0 Å². The Balaban J connectivity index is 2.50. The van der Waals surface area contributed by atoms with Gasteiger partial charge in [0.25, 0.3) is 0 Å². The van der Waals surface area contributed by atoms with Gasteiger partial charge in [-0.2, -0.15) is 0 Å². The smallest absolute Gasteiger partial charge is 0.125 e. The summed E-state index contributed by atoms with van der Waals surface area (Å²) < 4.78 is 1.11. The molecule has 0 fully saturated rings. The van der Waals surface area contributed by atoms with Gasteiger partial charge in [-0.15, -0.1) is 11.3 Å². The van der Waals surface area contributed by atoms with Crippen molar-refractivity contribution < 1.29 is 0 Å². The SMILES string of the molecule is Cc1sc(-c2ccccc2Br)nc1C(C)C. The van der Waals surface area contributed by atoms with Crippen molar-refractivity contribution in [3.8, 4) is 10.6 Å². The first-order chi connectivity index (χ1) is 7.59. The van der Waals surface area contributed by atoms with Crippen LogP contribution < -0.4 is 0 Å². The molecular weight excluding hydrogens is 282 g/mol. The lowest BCUT2D eigenvalue weighted by Gasteiger charge is -2.01. The molecule has 0 saturated carbocycles. The molecule has 16 heavy (non-hydrogen) atoms. The normalized spacial score (nSPS) is 11.1. The molecule has 1 heterocycles. The highest BCUT2D eigenvalue weighted by molar-refractivity contribution is 9.10. The Morgan fingerprint density at radius 3 is 2.50 bits per heavy atom. The van der Waals surface area contributed by atoms with Gasteiger partial charge < -0.3 is 0 Å². The molecule has 0 aliphatic rings. The summed E-state index contributed by atoms with van der Waals surface area (Å²) in [7, 11) is 0. The van der Waals surface area contributed by atoms with E-state index in [0.29, 0.717) is 5.92 Å². The monoisotopic (exact) mass is 295 g/mol. The first kappa shape index (κ1) is 11.8. The van der Waals surface area contributed by atoms with Crippen molar-refractivity contribution in [2.45, 2.75) is 26.7 Å². The molecule has 0 bridgehead atoms. The summed E-state index contributed by atoms with van der Waals surface area (Å²) in [5, 5.41) is 1.11. The molecule has 2 rings (SSSR count). The highest BCUT2D eigenvalue weighted by Crippen LogP contribution is 2.34. The van der Waals surface area contributed by atoms with E-state index in [1.165, 1.54) is 16.1 Å². The fourth-order valence-corrected chi connectivity index (χ4v) is 3.41. The van der Waals surface area contributed by atoms with Crippen molar-refractivity contribution in [1.29, 1.82) is 0 Å². The Morgan fingerprint density at radius 2 is 1.94 bits per heavy atom. The average molecular weight is 296 g/mol. The lowest BCUT2D eigenvalue weighted by molar-refractivity contribution is 0.826. The third-order valence-corrected chi connectivity index (χ3v) is 4.19. The number of hydrogen-bond acceptors (Lipinski definition) is 2. The van der Waals surface area contributed by atoms with Gasteiger partial charge in [-0.1, -0.05) is 48.0 Å². The summed E-state index contributed by atoms with van der Waals surface area (Å²) in [4.78, 5) is 6.05. The zero-order valence-electron chi connectivity index (χ0n) is 9.62. The van der Waals surface area contributed by atoms with Gasteiger partial charge >= 0.3 is 0 Å². The summed E-state index contributed by atoms with van der Waals surface area (Å²) in [6.45, 7) is 6.52. The van der Waals surface area contributed by atoms with Crippen LogP contribution in [-0.4, -0.2) is 4.98 Å². The van der Waals surface area contributed by atoms with Crippen molar-refractivity contribution in [1.82, 2.24) is 4.98 Å². The lowest BCUT2D eigenvalue weighted by Crippen LogP contribution is -1.89. The number of thiazole rings is 1. The van der Waals surface area contributed by atoms with Crippen LogP contribution in [0.1, 0.15) is 30.3 Å². The molecular formula is C13H14BrNS. The number of hydrogen-bond donors (Lipinski definition) is 0. The van der Waals surface area contributed by atoms with E-state index in [-0.39, 0.29) is 0 Å². The molecule has 0 atom stereocenters. The Morgan fingerprint density at radius 1 is 1.25 bits per heavy atom. The van der Waals surface area contributed by atoms with Crippen molar-refractivity contribution in [3.05, 3.63) is 39.3 Å². The number of nitrogens with zero attached hydrogens (tertiary/aromatic N) is 1. The second kappa shape index (κ2) is 4.68. The molecule has 0 unspecified atom stereocenters. The minimum atomic E-state index is 0.493. The van der Waals surface area contributed by atoms with E-state index in [1.54, 1.807) is 11.3 Å². The minimum Gasteiger partial charge on any atom is -0.241 e. The first-order valence-electron chi connectivity index (χ1n) is 5.32. The molecule has 1 aromatic heterocycles. The minimum absolute atomic E-state index is 0.493. The largest absolute Gasteiger partial charge is 0.241 e. The van der Waals surface area contributed by atoms with Crippen LogP contribution >= 0.6 is 27.3 Å². The molecule has 0 aliphatic carbocycles. The fraction of sp³-hybridized carbons (Fsp3) is 0.308. The zero-order valence-corrected chi connectivity index (χ0v) is 12.0. The Kier molecular flexibility index (Phi) is 3.45. The van der Waals surface area contributed by atoms with E-state index in [4.69, 9.17) is 4.98 Å². The lowest BCUT2D eigenvalue weighted by atomic mass is 10.1. The Bertz CT molecular complexity index is 502. The Hall–Kier alpha value is -0.670. The predicted octanol–water partition coefficient (Wildman–Crippen LogP) is 5.00. The van der Waals surface area contributed by atoms with Crippen LogP contribution in [0.4, 0.5) is 0 Å². The van der Waals surface area contributed by atoms with Gasteiger partial charge in [-0.3, -0.25) is 0 Å². The van der Waals surface area contributed by atoms with E-state index in [0.717, 1.165) is 9.48 Å². The maximum Gasteiger partial charge on any atom is 0.125 e. The molecule has 84 valence electrons. The summed E-state index contributed by atoms with van der Waals surface area (Å²) in [6, 6.07) is 8.23. The number of halogens is 1. The van der Waals surface area contributed by atoms with Crippen LogP contribution in [0.3, 0.4) is 0 Å². The number of rotatable bonds is 2. The molecule has 0 N–H and O–H groups in total. The summed E-state index contributed by atoms with van der Waals surface area (Å²) in [5.74, 6) is 0.493. The highest BCUT2D eigenvalue weighted by atomic mass is 79.9. The topological polar surface area (TPSA) is 12.9 Å². The standard InChI is InChI=1S/C13H14BrNS/c1-8(2)12-9(3)16-13(15-12)10-6-4-5-7-11(10)14/h4-8H,1-3H3. The molecule has 2 aromatic rings. The number of benzene rings is 1.